The van der Waals surface area contributed by atoms with E-state index in [1.165, 1.54) is 23.9 Å². The van der Waals surface area contributed by atoms with Crippen LogP contribution >= 0.6 is 11.8 Å². The normalized spacial score (nSPS) is 19.3. The molecule has 2 amide bonds. The lowest BCUT2D eigenvalue weighted by Crippen LogP contribution is -2.52. The average molecular weight is 368 g/mol. The van der Waals surface area contributed by atoms with Crippen molar-refractivity contribution in [2.75, 3.05) is 11.1 Å². The Kier molecular flexibility index (Phi) is 5.59. The molecule has 26 heavy (non-hydrogen) atoms. The predicted octanol–water partition coefficient (Wildman–Crippen LogP) is 2.59. The van der Waals surface area contributed by atoms with E-state index in [0.717, 1.165) is 5.56 Å². The van der Waals surface area contributed by atoms with E-state index in [1.54, 1.807) is 36.4 Å². The molecule has 2 aromatic carbocycles. The first-order valence-corrected chi connectivity index (χ1v) is 9.14. The van der Waals surface area contributed by atoms with Crippen LogP contribution in [0.25, 0.3) is 0 Å². The van der Waals surface area contributed by atoms with Gasteiger partial charge in [-0.3, -0.25) is 9.59 Å². The molecule has 0 spiro atoms. The van der Waals surface area contributed by atoms with Gasteiger partial charge in [0.15, 0.2) is 0 Å². The number of halogens is 1. The Balaban J connectivity index is 1.57. The van der Waals surface area contributed by atoms with E-state index >= 15 is 0 Å². The zero-order valence-electron chi connectivity index (χ0n) is 13.9. The molecule has 132 valence electrons. The van der Waals surface area contributed by atoms with Gasteiger partial charge >= 0.3 is 0 Å². The van der Waals surface area contributed by atoms with E-state index in [0.29, 0.717) is 23.4 Å². The SMILES string of the molecule is C#Cc1cccc(NC(=O)[C@@H]2CS[C@@H](Cc3ccc(F)cc3)C(=O)N2)c1. The van der Waals surface area contributed by atoms with Gasteiger partial charge in [0.25, 0.3) is 0 Å². The van der Waals surface area contributed by atoms with E-state index in [4.69, 9.17) is 6.42 Å². The maximum Gasteiger partial charge on any atom is 0.247 e. The molecule has 0 radical (unpaired) electrons. The highest BCUT2D eigenvalue weighted by Gasteiger charge is 2.32. The van der Waals surface area contributed by atoms with Crippen molar-refractivity contribution in [2.24, 2.45) is 0 Å². The van der Waals surface area contributed by atoms with E-state index < -0.39 is 6.04 Å². The summed E-state index contributed by atoms with van der Waals surface area (Å²) in [5.41, 5.74) is 2.15. The van der Waals surface area contributed by atoms with Gasteiger partial charge in [-0.05, 0) is 42.3 Å². The number of hydrogen-bond acceptors (Lipinski definition) is 3. The van der Waals surface area contributed by atoms with Gasteiger partial charge in [0.2, 0.25) is 11.8 Å². The second-order valence-corrected chi connectivity index (χ2v) is 7.16. The van der Waals surface area contributed by atoms with Crippen molar-refractivity contribution in [2.45, 2.75) is 17.7 Å². The number of thioether (sulfide) groups is 1. The third kappa shape index (κ3) is 4.44. The summed E-state index contributed by atoms with van der Waals surface area (Å²) in [6.07, 6.45) is 5.85. The number of carbonyl (C=O) groups is 2. The zero-order valence-corrected chi connectivity index (χ0v) is 14.7. The smallest absolute Gasteiger partial charge is 0.247 e. The van der Waals surface area contributed by atoms with Gasteiger partial charge in [-0.1, -0.05) is 24.1 Å². The molecule has 1 heterocycles. The molecule has 1 aliphatic heterocycles. The van der Waals surface area contributed by atoms with E-state index in [9.17, 15) is 14.0 Å². The third-order valence-electron chi connectivity index (χ3n) is 4.02. The fourth-order valence-electron chi connectivity index (χ4n) is 2.64. The minimum Gasteiger partial charge on any atom is -0.343 e. The van der Waals surface area contributed by atoms with Crippen LogP contribution in [0.1, 0.15) is 11.1 Å². The first-order valence-electron chi connectivity index (χ1n) is 8.09. The Morgan fingerprint density at radius 3 is 2.77 bits per heavy atom. The lowest BCUT2D eigenvalue weighted by Gasteiger charge is -2.28. The molecule has 0 bridgehead atoms. The second kappa shape index (κ2) is 8.07. The van der Waals surface area contributed by atoms with Gasteiger partial charge in [-0.25, -0.2) is 4.39 Å². The van der Waals surface area contributed by atoms with E-state index in [1.807, 2.05) is 0 Å². The molecule has 2 atom stereocenters. The molecule has 0 aliphatic carbocycles. The van der Waals surface area contributed by atoms with Crippen molar-refractivity contribution >= 4 is 29.3 Å². The van der Waals surface area contributed by atoms with Crippen LogP contribution in [0.3, 0.4) is 0 Å². The summed E-state index contributed by atoms with van der Waals surface area (Å²) in [5.74, 6) is 2.21. The number of terminal acetylenes is 1. The van der Waals surface area contributed by atoms with Crippen LogP contribution in [-0.4, -0.2) is 28.9 Å². The summed E-state index contributed by atoms with van der Waals surface area (Å²) >= 11 is 1.43. The van der Waals surface area contributed by atoms with Crippen LogP contribution in [0.5, 0.6) is 0 Å². The third-order valence-corrected chi connectivity index (χ3v) is 5.33. The number of hydrogen-bond donors (Lipinski definition) is 2. The summed E-state index contributed by atoms with van der Waals surface area (Å²) in [7, 11) is 0. The average Bonchev–Trinajstić information content (AvgIpc) is 2.65. The monoisotopic (exact) mass is 368 g/mol. The molecular weight excluding hydrogens is 351 g/mol. The molecule has 0 unspecified atom stereocenters. The first-order chi connectivity index (χ1) is 12.5. The number of anilines is 1. The minimum absolute atomic E-state index is 0.192. The number of amides is 2. The van der Waals surface area contributed by atoms with Crippen molar-refractivity contribution < 1.29 is 14.0 Å². The van der Waals surface area contributed by atoms with Gasteiger partial charge in [-0.2, -0.15) is 0 Å². The van der Waals surface area contributed by atoms with Crippen molar-refractivity contribution in [3.8, 4) is 12.3 Å². The molecule has 1 aliphatic rings. The largest absolute Gasteiger partial charge is 0.343 e. The van der Waals surface area contributed by atoms with E-state index in [2.05, 4.69) is 16.6 Å². The molecular formula is C20H17FN2O2S. The van der Waals surface area contributed by atoms with Gasteiger partial charge in [0.1, 0.15) is 11.9 Å². The fourth-order valence-corrected chi connectivity index (χ4v) is 3.83. The highest BCUT2D eigenvalue weighted by Crippen LogP contribution is 2.23. The van der Waals surface area contributed by atoms with Crippen molar-refractivity contribution in [1.82, 2.24) is 5.32 Å². The maximum absolute atomic E-state index is 13.0. The molecule has 1 saturated heterocycles. The number of carbonyl (C=O) groups excluding carboxylic acids is 2. The summed E-state index contributed by atoms with van der Waals surface area (Å²) in [5, 5.41) is 5.24. The summed E-state index contributed by atoms with van der Waals surface area (Å²) < 4.78 is 13.0. The first kappa shape index (κ1) is 18.0. The predicted molar refractivity (Wildman–Crippen MR) is 101 cm³/mol. The lowest BCUT2D eigenvalue weighted by atomic mass is 10.1. The second-order valence-electron chi connectivity index (χ2n) is 5.93. The van der Waals surface area contributed by atoms with Gasteiger partial charge in [-0.15, -0.1) is 18.2 Å². The highest BCUT2D eigenvalue weighted by atomic mass is 32.2. The Morgan fingerprint density at radius 1 is 1.31 bits per heavy atom. The highest BCUT2D eigenvalue weighted by molar-refractivity contribution is 8.00. The summed E-state index contributed by atoms with van der Waals surface area (Å²) in [4.78, 5) is 24.7. The van der Waals surface area contributed by atoms with Crippen LogP contribution in [0.4, 0.5) is 10.1 Å². The Bertz CT molecular complexity index is 861. The molecule has 0 aromatic heterocycles. The zero-order chi connectivity index (χ0) is 18.5. The van der Waals surface area contributed by atoms with Crippen molar-refractivity contribution in [3.05, 3.63) is 65.5 Å². The molecule has 4 nitrogen and oxygen atoms in total. The van der Waals surface area contributed by atoms with Crippen LogP contribution in [0.2, 0.25) is 0 Å². The van der Waals surface area contributed by atoms with Crippen LogP contribution in [-0.2, 0) is 16.0 Å². The molecule has 1 fully saturated rings. The van der Waals surface area contributed by atoms with Gasteiger partial charge in [0.05, 0.1) is 5.25 Å². The Labute approximate surface area is 155 Å². The standard InChI is InChI=1S/C20H17FN2O2S/c1-2-13-4-3-5-16(10-13)22-19(24)17-12-26-18(20(25)23-17)11-14-6-8-15(21)9-7-14/h1,3-10,17-18H,11-12H2,(H,22,24)(H,23,25)/t17-,18-/m0/s1. The van der Waals surface area contributed by atoms with Crippen LogP contribution < -0.4 is 10.6 Å². The molecule has 0 saturated carbocycles. The minimum atomic E-state index is -0.605. The van der Waals surface area contributed by atoms with Crippen LogP contribution in [0, 0.1) is 18.2 Å². The topological polar surface area (TPSA) is 58.2 Å². The number of benzene rings is 2. The van der Waals surface area contributed by atoms with Gasteiger partial charge in [0, 0.05) is 17.0 Å². The summed E-state index contributed by atoms with van der Waals surface area (Å²) in [6.45, 7) is 0. The Hall–Kier alpha value is -2.78. The molecule has 3 rings (SSSR count). The molecule has 2 aromatic rings. The molecule has 2 N–H and O–H groups in total. The molecule has 6 heteroatoms. The van der Waals surface area contributed by atoms with E-state index in [-0.39, 0.29) is 22.9 Å². The number of nitrogens with one attached hydrogen (secondary N) is 2. The van der Waals surface area contributed by atoms with Gasteiger partial charge < -0.3 is 10.6 Å². The fraction of sp³-hybridized carbons (Fsp3) is 0.200. The number of rotatable bonds is 4. The van der Waals surface area contributed by atoms with Crippen molar-refractivity contribution in [3.63, 3.8) is 0 Å². The quantitative estimate of drug-likeness (QED) is 0.816. The lowest BCUT2D eigenvalue weighted by molar-refractivity contribution is -0.126. The summed E-state index contributed by atoms with van der Waals surface area (Å²) in [6, 6.07) is 12.5. The van der Waals surface area contributed by atoms with Crippen molar-refractivity contribution in [1.29, 1.82) is 0 Å². The van der Waals surface area contributed by atoms with Crippen LogP contribution in [0.15, 0.2) is 48.5 Å². The Morgan fingerprint density at radius 2 is 2.08 bits per heavy atom. The maximum atomic E-state index is 13.0.